The molecule has 3 heteroatoms. The Kier molecular flexibility index (Phi) is 7.34. The predicted octanol–water partition coefficient (Wildman–Crippen LogP) is 3.46. The molecule has 3 N–H and O–H groups in total. The Balaban J connectivity index is 2.58. The molecule has 0 radical (unpaired) electrons. The third-order valence-corrected chi connectivity index (χ3v) is 3.31. The van der Waals surface area contributed by atoms with Gasteiger partial charge in [-0.05, 0) is 43.5 Å². The molecule has 1 atom stereocenters. The molecule has 0 bridgehead atoms. The van der Waals surface area contributed by atoms with E-state index in [1.807, 2.05) is 0 Å². The van der Waals surface area contributed by atoms with E-state index in [2.05, 4.69) is 55.3 Å². The molecule has 0 amide bonds. The molecular weight excluding hydrogens is 234 g/mol. The summed E-state index contributed by atoms with van der Waals surface area (Å²) in [6.07, 6.45) is 3.38. The largest absolute Gasteiger partial charge is 0.383 e. The molecular formula is C16H29N3. The van der Waals surface area contributed by atoms with Crippen molar-refractivity contribution in [3.8, 4) is 0 Å². The zero-order valence-electron chi connectivity index (χ0n) is 12.7. The summed E-state index contributed by atoms with van der Waals surface area (Å²) in [7, 11) is 0. The normalized spacial score (nSPS) is 12.2. The molecule has 0 saturated heterocycles. The molecule has 0 heterocycles. The lowest BCUT2D eigenvalue weighted by molar-refractivity contribution is 0.679. The van der Waals surface area contributed by atoms with Gasteiger partial charge in [0.05, 0.1) is 0 Å². The van der Waals surface area contributed by atoms with Crippen molar-refractivity contribution in [3.05, 3.63) is 24.3 Å². The molecule has 19 heavy (non-hydrogen) atoms. The van der Waals surface area contributed by atoms with Gasteiger partial charge in [-0.15, -0.1) is 0 Å². The first kappa shape index (κ1) is 15.8. The Labute approximate surface area is 118 Å². The molecule has 0 aliphatic heterocycles. The predicted molar refractivity (Wildman–Crippen MR) is 86.0 cm³/mol. The highest BCUT2D eigenvalue weighted by atomic mass is 15.1. The van der Waals surface area contributed by atoms with Crippen LogP contribution in [0.1, 0.15) is 40.0 Å². The average molecular weight is 263 g/mol. The van der Waals surface area contributed by atoms with E-state index in [0.717, 1.165) is 31.7 Å². The van der Waals surface area contributed by atoms with Crippen LogP contribution in [0.3, 0.4) is 0 Å². The smallest absolute Gasteiger partial charge is 0.0367 e. The third kappa shape index (κ3) is 5.52. The average Bonchev–Trinajstić information content (AvgIpc) is 2.45. The minimum absolute atomic E-state index is 0.233. The van der Waals surface area contributed by atoms with Gasteiger partial charge in [0, 0.05) is 37.1 Å². The molecule has 108 valence electrons. The van der Waals surface area contributed by atoms with Gasteiger partial charge in [0.15, 0.2) is 0 Å². The first-order valence-electron chi connectivity index (χ1n) is 7.55. The van der Waals surface area contributed by atoms with Crippen molar-refractivity contribution in [1.29, 1.82) is 0 Å². The molecule has 1 aromatic rings. The SMILES string of the molecule is CCCN(CCC)c1ccc(NCC(N)CC)cc1. The second kappa shape index (κ2) is 8.81. The van der Waals surface area contributed by atoms with Crippen molar-refractivity contribution in [2.24, 2.45) is 5.73 Å². The van der Waals surface area contributed by atoms with Gasteiger partial charge in [-0.1, -0.05) is 20.8 Å². The van der Waals surface area contributed by atoms with Gasteiger partial charge in [0.2, 0.25) is 0 Å². The summed E-state index contributed by atoms with van der Waals surface area (Å²) in [4.78, 5) is 2.45. The number of nitrogens with one attached hydrogen (secondary N) is 1. The molecule has 1 rings (SSSR count). The molecule has 0 aromatic heterocycles. The highest BCUT2D eigenvalue weighted by molar-refractivity contribution is 5.55. The van der Waals surface area contributed by atoms with Crippen LogP contribution < -0.4 is 16.0 Å². The molecule has 0 spiro atoms. The van der Waals surface area contributed by atoms with Gasteiger partial charge < -0.3 is 16.0 Å². The number of nitrogens with zero attached hydrogens (tertiary/aromatic N) is 1. The van der Waals surface area contributed by atoms with E-state index in [9.17, 15) is 0 Å². The molecule has 1 unspecified atom stereocenters. The van der Waals surface area contributed by atoms with E-state index in [0.29, 0.717) is 0 Å². The van der Waals surface area contributed by atoms with Crippen LogP contribution in [-0.4, -0.2) is 25.7 Å². The lowest BCUT2D eigenvalue weighted by Crippen LogP contribution is -2.28. The highest BCUT2D eigenvalue weighted by Gasteiger charge is 2.04. The number of benzene rings is 1. The summed E-state index contributed by atoms with van der Waals surface area (Å²) in [5.74, 6) is 0. The fourth-order valence-electron chi connectivity index (χ4n) is 2.09. The maximum absolute atomic E-state index is 5.91. The topological polar surface area (TPSA) is 41.3 Å². The maximum atomic E-state index is 5.91. The Bertz CT molecular complexity index is 328. The van der Waals surface area contributed by atoms with E-state index in [1.165, 1.54) is 18.5 Å². The molecule has 0 saturated carbocycles. The van der Waals surface area contributed by atoms with E-state index in [4.69, 9.17) is 5.73 Å². The number of nitrogens with two attached hydrogens (primary N) is 1. The quantitative estimate of drug-likeness (QED) is 0.717. The Morgan fingerprint density at radius 1 is 1.05 bits per heavy atom. The van der Waals surface area contributed by atoms with Crippen LogP contribution in [0.5, 0.6) is 0 Å². The number of hydrogen-bond donors (Lipinski definition) is 2. The zero-order chi connectivity index (χ0) is 14.1. The van der Waals surface area contributed by atoms with Crippen LogP contribution in [0.25, 0.3) is 0 Å². The van der Waals surface area contributed by atoms with Crippen LogP contribution >= 0.6 is 0 Å². The van der Waals surface area contributed by atoms with Crippen LogP contribution in [0.4, 0.5) is 11.4 Å². The first-order valence-corrected chi connectivity index (χ1v) is 7.55. The van der Waals surface area contributed by atoms with Crippen LogP contribution in [0, 0.1) is 0 Å². The van der Waals surface area contributed by atoms with Crippen molar-refractivity contribution in [1.82, 2.24) is 0 Å². The monoisotopic (exact) mass is 263 g/mol. The van der Waals surface area contributed by atoms with Gasteiger partial charge in [0.1, 0.15) is 0 Å². The van der Waals surface area contributed by atoms with E-state index in [1.54, 1.807) is 0 Å². The first-order chi connectivity index (χ1) is 9.21. The van der Waals surface area contributed by atoms with Crippen molar-refractivity contribution < 1.29 is 0 Å². The molecule has 0 aliphatic rings. The summed E-state index contributed by atoms with van der Waals surface area (Å²) in [6.45, 7) is 9.66. The van der Waals surface area contributed by atoms with Crippen LogP contribution in [0.2, 0.25) is 0 Å². The van der Waals surface area contributed by atoms with E-state index >= 15 is 0 Å². The number of anilines is 2. The fraction of sp³-hybridized carbons (Fsp3) is 0.625. The number of rotatable bonds is 9. The Morgan fingerprint density at radius 3 is 2.11 bits per heavy atom. The molecule has 0 fully saturated rings. The summed E-state index contributed by atoms with van der Waals surface area (Å²) in [5, 5.41) is 3.38. The second-order valence-corrected chi connectivity index (χ2v) is 5.08. The van der Waals surface area contributed by atoms with Crippen molar-refractivity contribution in [3.63, 3.8) is 0 Å². The molecule has 3 nitrogen and oxygen atoms in total. The second-order valence-electron chi connectivity index (χ2n) is 5.08. The summed E-state index contributed by atoms with van der Waals surface area (Å²) >= 11 is 0. The van der Waals surface area contributed by atoms with Crippen molar-refractivity contribution in [2.75, 3.05) is 29.9 Å². The van der Waals surface area contributed by atoms with Gasteiger partial charge in [-0.2, -0.15) is 0 Å². The summed E-state index contributed by atoms with van der Waals surface area (Å²) in [6, 6.07) is 8.93. The van der Waals surface area contributed by atoms with Crippen molar-refractivity contribution in [2.45, 2.75) is 46.1 Å². The fourth-order valence-corrected chi connectivity index (χ4v) is 2.09. The minimum atomic E-state index is 0.233. The van der Waals surface area contributed by atoms with Crippen LogP contribution in [-0.2, 0) is 0 Å². The van der Waals surface area contributed by atoms with Crippen LogP contribution in [0.15, 0.2) is 24.3 Å². The van der Waals surface area contributed by atoms with E-state index in [-0.39, 0.29) is 6.04 Å². The lowest BCUT2D eigenvalue weighted by Gasteiger charge is -2.24. The standard InChI is InChI=1S/C16H29N3/c1-4-11-19(12-5-2)16-9-7-15(8-10-16)18-13-14(17)6-3/h7-10,14,18H,4-6,11-13,17H2,1-3H3. The van der Waals surface area contributed by atoms with Gasteiger partial charge in [-0.25, -0.2) is 0 Å². The van der Waals surface area contributed by atoms with Crippen molar-refractivity contribution >= 4 is 11.4 Å². The summed E-state index contributed by atoms with van der Waals surface area (Å²) < 4.78 is 0. The summed E-state index contributed by atoms with van der Waals surface area (Å²) in [5.41, 5.74) is 8.37. The van der Waals surface area contributed by atoms with Gasteiger partial charge >= 0.3 is 0 Å². The lowest BCUT2D eigenvalue weighted by atomic mass is 10.2. The molecule has 0 aliphatic carbocycles. The Hall–Kier alpha value is -1.22. The zero-order valence-corrected chi connectivity index (χ0v) is 12.7. The molecule has 1 aromatic carbocycles. The minimum Gasteiger partial charge on any atom is -0.383 e. The van der Waals surface area contributed by atoms with Gasteiger partial charge in [0.25, 0.3) is 0 Å². The van der Waals surface area contributed by atoms with E-state index < -0.39 is 0 Å². The number of hydrogen-bond acceptors (Lipinski definition) is 3. The van der Waals surface area contributed by atoms with Gasteiger partial charge in [-0.3, -0.25) is 0 Å². The highest BCUT2D eigenvalue weighted by Crippen LogP contribution is 2.18. The maximum Gasteiger partial charge on any atom is 0.0367 e. The third-order valence-electron chi connectivity index (χ3n) is 3.31. The Morgan fingerprint density at radius 2 is 1.63 bits per heavy atom.